The van der Waals surface area contributed by atoms with E-state index in [0.717, 1.165) is 0 Å². The Labute approximate surface area is 309 Å². The molecule has 0 unspecified atom stereocenters. The number of rotatable bonds is 16. The maximum Gasteiger partial charge on any atom is 0.347 e. The van der Waals surface area contributed by atoms with Crippen molar-refractivity contribution in [3.05, 3.63) is 69.8 Å². The fourth-order valence-corrected chi connectivity index (χ4v) is 6.68. The molecular weight excluding hydrogens is 672 g/mol. The van der Waals surface area contributed by atoms with Gasteiger partial charge in [-0.1, -0.05) is 12.1 Å². The zero-order valence-electron chi connectivity index (χ0n) is 30.1. The Morgan fingerprint density at radius 2 is 0.736 bits per heavy atom. The van der Waals surface area contributed by atoms with Gasteiger partial charge in [0.15, 0.2) is 0 Å². The molecule has 4 aromatic carbocycles. The van der Waals surface area contributed by atoms with Crippen LogP contribution in [0.15, 0.2) is 36.4 Å². The molecule has 0 aliphatic rings. The van der Waals surface area contributed by atoms with E-state index in [0.29, 0.717) is 121 Å². The van der Waals surface area contributed by atoms with Gasteiger partial charge in [0, 0.05) is 11.1 Å². The molecule has 24 N–H and O–H groups in total. The van der Waals surface area contributed by atoms with Gasteiger partial charge in [-0.15, -0.1) is 0 Å². The van der Waals surface area contributed by atoms with Crippen molar-refractivity contribution in [2.45, 2.75) is 51.4 Å². The molecule has 0 saturated carbocycles. The van der Waals surface area contributed by atoms with Crippen LogP contribution in [0.2, 0.25) is 0 Å². The molecule has 4 aromatic rings. The standard InChI is InChI=1S/C38H54N12O3/c39-13-1-5-21-29(19-9-11-25(43)27(45)17-19)31(23(7-3-15-41)35(49)33(21)47)37(51)53-38(52)32-24(8-4-16-42)36(50)34(48)22(6-2-14-40)30(32)20-10-12-26(44)28(46)18-20/h9-12,17-18H,1-8,13-16,39-50H2. The average molecular weight is 727 g/mol. The number of benzene rings is 4. The Morgan fingerprint density at radius 3 is 1.04 bits per heavy atom. The first-order valence-electron chi connectivity index (χ1n) is 17.6. The molecular formula is C38H54N12O3. The lowest BCUT2D eigenvalue weighted by atomic mass is 9.84. The van der Waals surface area contributed by atoms with Crippen LogP contribution in [-0.2, 0) is 30.4 Å². The van der Waals surface area contributed by atoms with Gasteiger partial charge in [-0.3, -0.25) is 0 Å². The Balaban J connectivity index is 2.06. The van der Waals surface area contributed by atoms with E-state index >= 15 is 0 Å². The van der Waals surface area contributed by atoms with E-state index in [-0.39, 0.29) is 58.1 Å². The molecule has 0 fully saturated rings. The van der Waals surface area contributed by atoms with E-state index in [1.54, 1.807) is 36.4 Å². The van der Waals surface area contributed by atoms with E-state index in [1.807, 2.05) is 0 Å². The summed E-state index contributed by atoms with van der Waals surface area (Å²) >= 11 is 0. The van der Waals surface area contributed by atoms with Crippen LogP contribution < -0.4 is 68.8 Å². The summed E-state index contributed by atoms with van der Waals surface area (Å²) in [6.07, 6.45) is 3.19. The molecule has 0 aliphatic heterocycles. The van der Waals surface area contributed by atoms with Crippen molar-refractivity contribution in [1.82, 2.24) is 0 Å². The lowest BCUT2D eigenvalue weighted by molar-refractivity contribution is 0.0397. The smallest absolute Gasteiger partial charge is 0.347 e. The van der Waals surface area contributed by atoms with Gasteiger partial charge in [0.2, 0.25) is 0 Å². The molecule has 0 atom stereocenters. The Hall–Kier alpha value is -5.74. The zero-order valence-corrected chi connectivity index (χ0v) is 30.1. The van der Waals surface area contributed by atoms with E-state index in [1.165, 1.54) is 0 Å². The highest BCUT2D eigenvalue weighted by Gasteiger charge is 2.32. The Kier molecular flexibility index (Phi) is 13.3. The van der Waals surface area contributed by atoms with Crippen LogP contribution >= 0.6 is 0 Å². The SMILES string of the molecule is NCCCc1c(N)c(N)c(CCCN)c(-c2ccc(N)c(N)c2)c1C(=O)OC(=O)c1c(CCCN)c(N)c(N)c(CCCN)c1-c1ccc(N)c(N)c1. The van der Waals surface area contributed by atoms with Crippen LogP contribution in [-0.4, -0.2) is 38.1 Å². The second-order valence-corrected chi connectivity index (χ2v) is 13.0. The lowest BCUT2D eigenvalue weighted by Gasteiger charge is -2.25. The third-order valence-electron chi connectivity index (χ3n) is 9.46. The number of esters is 2. The number of hydrogen-bond donors (Lipinski definition) is 12. The van der Waals surface area contributed by atoms with Gasteiger partial charge in [-0.25, -0.2) is 9.59 Å². The van der Waals surface area contributed by atoms with Crippen molar-refractivity contribution < 1.29 is 14.3 Å². The molecule has 284 valence electrons. The number of nitrogens with two attached hydrogens (primary N) is 12. The van der Waals surface area contributed by atoms with Crippen molar-refractivity contribution in [3.8, 4) is 22.3 Å². The highest BCUT2D eigenvalue weighted by molar-refractivity contribution is 6.13. The zero-order chi connectivity index (χ0) is 39.0. The summed E-state index contributed by atoms with van der Waals surface area (Å²) in [6, 6.07) is 9.95. The average Bonchev–Trinajstić information content (AvgIpc) is 3.13. The minimum atomic E-state index is -0.973. The van der Waals surface area contributed by atoms with Gasteiger partial charge < -0.3 is 73.5 Å². The largest absolute Gasteiger partial charge is 0.397 e. The highest BCUT2D eigenvalue weighted by atomic mass is 16.6. The number of carbonyl (C=O) groups excluding carboxylic acids is 2. The fraction of sp³-hybridized carbons (Fsp3) is 0.316. The van der Waals surface area contributed by atoms with Crippen LogP contribution in [0.5, 0.6) is 0 Å². The van der Waals surface area contributed by atoms with Gasteiger partial charge >= 0.3 is 11.9 Å². The van der Waals surface area contributed by atoms with Gasteiger partial charge in [-0.05, 0) is 135 Å². The Morgan fingerprint density at radius 1 is 0.434 bits per heavy atom. The molecule has 53 heavy (non-hydrogen) atoms. The monoisotopic (exact) mass is 726 g/mol. The second-order valence-electron chi connectivity index (χ2n) is 13.0. The summed E-state index contributed by atoms with van der Waals surface area (Å²) in [4.78, 5) is 29.5. The van der Waals surface area contributed by atoms with Crippen molar-refractivity contribution in [2.24, 2.45) is 22.9 Å². The number of carbonyl (C=O) groups is 2. The second kappa shape index (κ2) is 17.7. The van der Waals surface area contributed by atoms with E-state index < -0.39 is 11.9 Å². The quantitative estimate of drug-likeness (QED) is 0.0447. The number of hydrogen-bond acceptors (Lipinski definition) is 15. The molecule has 0 aromatic heterocycles. The molecule has 4 rings (SSSR count). The summed E-state index contributed by atoms with van der Waals surface area (Å²) in [5.41, 5.74) is 81.0. The molecule has 15 heteroatoms. The minimum absolute atomic E-state index is 0.0447. The third-order valence-corrected chi connectivity index (χ3v) is 9.46. The number of ether oxygens (including phenoxy) is 1. The third kappa shape index (κ3) is 8.34. The molecule has 0 amide bonds. The molecule has 0 heterocycles. The van der Waals surface area contributed by atoms with Gasteiger partial charge in [-0.2, -0.15) is 0 Å². The molecule has 15 nitrogen and oxygen atoms in total. The van der Waals surface area contributed by atoms with Crippen LogP contribution in [0, 0.1) is 0 Å². The summed E-state index contributed by atoms with van der Waals surface area (Å²) in [5, 5.41) is 0. The van der Waals surface area contributed by atoms with Crippen LogP contribution in [0.1, 0.15) is 68.7 Å². The van der Waals surface area contributed by atoms with Crippen molar-refractivity contribution in [3.63, 3.8) is 0 Å². The lowest BCUT2D eigenvalue weighted by Crippen LogP contribution is -2.22. The van der Waals surface area contributed by atoms with E-state index in [2.05, 4.69) is 0 Å². The Bertz CT molecular complexity index is 1860. The van der Waals surface area contributed by atoms with Gasteiger partial charge in [0.05, 0.1) is 56.6 Å². The van der Waals surface area contributed by atoms with Crippen LogP contribution in [0.4, 0.5) is 45.5 Å². The predicted octanol–water partition coefficient (Wildman–Crippen LogP) is 2.24. The summed E-state index contributed by atoms with van der Waals surface area (Å²) in [6.45, 7) is 1.26. The first-order valence-corrected chi connectivity index (χ1v) is 17.6. The van der Waals surface area contributed by atoms with Crippen molar-refractivity contribution in [2.75, 3.05) is 72.0 Å². The van der Waals surface area contributed by atoms with Crippen LogP contribution in [0.3, 0.4) is 0 Å². The molecule has 0 spiro atoms. The van der Waals surface area contributed by atoms with Gasteiger partial charge in [0.1, 0.15) is 0 Å². The topological polar surface area (TPSA) is 356 Å². The molecule has 0 radical (unpaired) electrons. The normalized spacial score (nSPS) is 11.2. The first kappa shape index (κ1) is 40.0. The van der Waals surface area contributed by atoms with Gasteiger partial charge in [0.25, 0.3) is 0 Å². The fourth-order valence-electron chi connectivity index (χ4n) is 6.68. The number of nitrogen functional groups attached to an aromatic ring is 8. The summed E-state index contributed by atoms with van der Waals surface area (Å²) in [7, 11) is 0. The predicted molar refractivity (Wildman–Crippen MR) is 218 cm³/mol. The van der Waals surface area contributed by atoms with Crippen molar-refractivity contribution in [1.29, 1.82) is 0 Å². The molecule has 0 bridgehead atoms. The van der Waals surface area contributed by atoms with E-state index in [4.69, 9.17) is 73.5 Å². The molecule has 0 saturated heterocycles. The van der Waals surface area contributed by atoms with E-state index in [9.17, 15) is 9.59 Å². The van der Waals surface area contributed by atoms with Crippen molar-refractivity contribution >= 4 is 57.4 Å². The minimum Gasteiger partial charge on any atom is -0.397 e. The molecule has 0 aliphatic carbocycles. The number of anilines is 8. The maximum atomic E-state index is 14.7. The summed E-state index contributed by atoms with van der Waals surface area (Å²) in [5.74, 6) is -1.95. The van der Waals surface area contributed by atoms with Crippen LogP contribution in [0.25, 0.3) is 22.3 Å². The summed E-state index contributed by atoms with van der Waals surface area (Å²) < 4.78 is 5.91. The maximum absolute atomic E-state index is 14.7. The highest BCUT2D eigenvalue weighted by Crippen LogP contribution is 2.44. The first-order chi connectivity index (χ1) is 25.3.